The number of nitrogen functional groups attached to an aromatic ring is 1. The SMILES string of the molecule is Nc1cc(CC(=O)O)cc([N+](=O)[O-])c1. The lowest BCUT2D eigenvalue weighted by molar-refractivity contribution is -0.384. The van der Waals surface area contributed by atoms with Crippen LogP contribution in [0.2, 0.25) is 0 Å². The zero-order chi connectivity index (χ0) is 10.7. The maximum atomic E-state index is 10.4. The minimum atomic E-state index is -1.05. The standard InChI is InChI=1S/C8H8N2O4/c9-6-1-5(3-8(11)12)2-7(4-6)10(13)14/h1-2,4H,3,9H2,(H,11,12). The highest BCUT2D eigenvalue weighted by atomic mass is 16.6. The molecule has 0 atom stereocenters. The Balaban J connectivity index is 3.07. The van der Waals surface area contributed by atoms with Crippen LogP contribution in [0.25, 0.3) is 0 Å². The Kier molecular flexibility index (Phi) is 2.66. The van der Waals surface area contributed by atoms with E-state index in [9.17, 15) is 14.9 Å². The minimum absolute atomic E-state index is 0.190. The Morgan fingerprint density at radius 3 is 2.64 bits per heavy atom. The van der Waals surface area contributed by atoms with Gasteiger partial charge in [-0.2, -0.15) is 0 Å². The number of nitro groups is 1. The molecule has 6 heteroatoms. The number of hydrogen-bond donors (Lipinski definition) is 2. The molecule has 6 nitrogen and oxygen atoms in total. The average Bonchev–Trinajstić information content (AvgIpc) is 2.01. The number of anilines is 1. The van der Waals surface area contributed by atoms with Gasteiger partial charge < -0.3 is 10.8 Å². The normalized spacial score (nSPS) is 9.71. The Hall–Kier alpha value is -2.11. The Labute approximate surface area is 79.1 Å². The number of carboxylic acid groups (broad SMARTS) is 1. The summed E-state index contributed by atoms with van der Waals surface area (Å²) >= 11 is 0. The van der Waals surface area contributed by atoms with Crippen molar-refractivity contribution in [3.05, 3.63) is 33.9 Å². The molecule has 0 fully saturated rings. The van der Waals surface area contributed by atoms with Crippen LogP contribution in [0.4, 0.5) is 11.4 Å². The van der Waals surface area contributed by atoms with Gasteiger partial charge in [0.15, 0.2) is 0 Å². The molecule has 0 aliphatic heterocycles. The molecule has 0 aliphatic rings. The highest BCUT2D eigenvalue weighted by Gasteiger charge is 2.10. The summed E-state index contributed by atoms with van der Waals surface area (Å²) in [5, 5.41) is 18.9. The number of non-ortho nitro benzene ring substituents is 1. The first-order valence-corrected chi connectivity index (χ1v) is 3.74. The fourth-order valence-corrected chi connectivity index (χ4v) is 1.08. The van der Waals surface area contributed by atoms with Crippen LogP contribution < -0.4 is 5.73 Å². The summed E-state index contributed by atoms with van der Waals surface area (Å²) in [6, 6.07) is 3.79. The quantitative estimate of drug-likeness (QED) is 0.422. The highest BCUT2D eigenvalue weighted by Crippen LogP contribution is 2.18. The van der Waals surface area contributed by atoms with E-state index in [-0.39, 0.29) is 17.8 Å². The molecule has 1 rings (SSSR count). The summed E-state index contributed by atoms with van der Waals surface area (Å²) in [6.45, 7) is 0. The third kappa shape index (κ3) is 2.44. The molecular formula is C8H8N2O4. The van der Waals surface area contributed by atoms with Crippen LogP contribution in [-0.4, -0.2) is 16.0 Å². The number of carbonyl (C=O) groups is 1. The van der Waals surface area contributed by atoms with Crippen molar-refractivity contribution < 1.29 is 14.8 Å². The number of nitrogens with two attached hydrogens (primary N) is 1. The van der Waals surface area contributed by atoms with Crippen molar-refractivity contribution >= 4 is 17.3 Å². The molecule has 1 aromatic rings. The molecule has 14 heavy (non-hydrogen) atoms. The summed E-state index contributed by atoms with van der Waals surface area (Å²) in [4.78, 5) is 20.1. The number of nitrogens with zero attached hydrogens (tertiary/aromatic N) is 1. The van der Waals surface area contributed by atoms with E-state index in [0.717, 1.165) is 0 Å². The van der Waals surface area contributed by atoms with Gasteiger partial charge in [-0.1, -0.05) is 0 Å². The van der Waals surface area contributed by atoms with Gasteiger partial charge >= 0.3 is 5.97 Å². The van der Waals surface area contributed by atoms with Crippen LogP contribution in [0.3, 0.4) is 0 Å². The second kappa shape index (κ2) is 3.73. The zero-order valence-corrected chi connectivity index (χ0v) is 7.14. The second-order valence-corrected chi connectivity index (χ2v) is 2.76. The smallest absolute Gasteiger partial charge is 0.307 e. The van der Waals surface area contributed by atoms with Crippen LogP contribution in [0.15, 0.2) is 18.2 Å². The third-order valence-corrected chi connectivity index (χ3v) is 1.57. The van der Waals surface area contributed by atoms with Crippen molar-refractivity contribution in [2.75, 3.05) is 5.73 Å². The molecule has 0 radical (unpaired) electrons. The molecule has 0 aromatic heterocycles. The van der Waals surface area contributed by atoms with Crippen molar-refractivity contribution in [1.29, 1.82) is 0 Å². The van der Waals surface area contributed by atoms with Gasteiger partial charge in [-0.05, 0) is 11.6 Å². The lowest BCUT2D eigenvalue weighted by atomic mass is 10.1. The average molecular weight is 196 g/mol. The predicted molar refractivity (Wildman–Crippen MR) is 48.8 cm³/mol. The lowest BCUT2D eigenvalue weighted by Gasteiger charge is -1.99. The summed E-state index contributed by atoms with van der Waals surface area (Å²) in [5.41, 5.74) is 5.70. The Morgan fingerprint density at radius 2 is 2.14 bits per heavy atom. The molecule has 1 aromatic carbocycles. The van der Waals surface area contributed by atoms with Crippen LogP contribution in [0.5, 0.6) is 0 Å². The molecule has 0 spiro atoms. The van der Waals surface area contributed by atoms with E-state index in [1.807, 2.05) is 0 Å². The molecule has 0 aliphatic carbocycles. The first kappa shape index (κ1) is 9.97. The number of nitro benzene ring substituents is 1. The van der Waals surface area contributed by atoms with Crippen molar-refractivity contribution in [3.8, 4) is 0 Å². The third-order valence-electron chi connectivity index (χ3n) is 1.57. The fourth-order valence-electron chi connectivity index (χ4n) is 1.08. The topological polar surface area (TPSA) is 106 Å². The van der Waals surface area contributed by atoms with Crippen molar-refractivity contribution in [3.63, 3.8) is 0 Å². The molecule has 0 saturated carbocycles. The van der Waals surface area contributed by atoms with Crippen LogP contribution in [-0.2, 0) is 11.2 Å². The van der Waals surface area contributed by atoms with E-state index in [1.165, 1.54) is 18.2 Å². The van der Waals surface area contributed by atoms with E-state index in [2.05, 4.69) is 0 Å². The molecule has 0 bridgehead atoms. The van der Waals surface area contributed by atoms with E-state index >= 15 is 0 Å². The maximum absolute atomic E-state index is 10.4. The van der Waals surface area contributed by atoms with E-state index in [1.54, 1.807) is 0 Å². The predicted octanol–water partition coefficient (Wildman–Crippen LogP) is 0.804. The summed E-state index contributed by atoms with van der Waals surface area (Å²) in [5.74, 6) is -1.05. The summed E-state index contributed by atoms with van der Waals surface area (Å²) in [7, 11) is 0. The number of hydrogen-bond acceptors (Lipinski definition) is 4. The largest absolute Gasteiger partial charge is 0.481 e. The van der Waals surface area contributed by atoms with Gasteiger partial charge in [-0.3, -0.25) is 14.9 Å². The first-order chi connectivity index (χ1) is 6.49. The first-order valence-electron chi connectivity index (χ1n) is 3.74. The van der Waals surface area contributed by atoms with Crippen molar-refractivity contribution in [2.45, 2.75) is 6.42 Å². The van der Waals surface area contributed by atoms with Gasteiger partial charge in [-0.15, -0.1) is 0 Å². The minimum Gasteiger partial charge on any atom is -0.481 e. The summed E-state index contributed by atoms with van der Waals surface area (Å²) < 4.78 is 0. The molecular weight excluding hydrogens is 188 g/mol. The lowest BCUT2D eigenvalue weighted by Crippen LogP contribution is -2.02. The second-order valence-electron chi connectivity index (χ2n) is 2.76. The number of rotatable bonds is 3. The Bertz CT molecular complexity index is 389. The molecule has 0 saturated heterocycles. The van der Waals surface area contributed by atoms with Gasteiger partial charge in [0.2, 0.25) is 0 Å². The number of aliphatic carboxylic acids is 1. The number of carboxylic acids is 1. The van der Waals surface area contributed by atoms with E-state index < -0.39 is 10.9 Å². The Morgan fingerprint density at radius 1 is 1.50 bits per heavy atom. The molecule has 0 heterocycles. The highest BCUT2D eigenvalue weighted by molar-refractivity contribution is 5.71. The van der Waals surface area contributed by atoms with Crippen molar-refractivity contribution in [1.82, 2.24) is 0 Å². The molecule has 0 amide bonds. The van der Waals surface area contributed by atoms with Gasteiger partial charge in [0.25, 0.3) is 5.69 Å². The monoisotopic (exact) mass is 196 g/mol. The number of benzene rings is 1. The van der Waals surface area contributed by atoms with Crippen LogP contribution in [0.1, 0.15) is 5.56 Å². The van der Waals surface area contributed by atoms with E-state index in [0.29, 0.717) is 5.56 Å². The molecule has 74 valence electrons. The molecule has 3 N–H and O–H groups in total. The summed E-state index contributed by atoms with van der Waals surface area (Å²) in [6.07, 6.45) is -0.272. The molecule has 0 unspecified atom stereocenters. The van der Waals surface area contributed by atoms with Crippen LogP contribution >= 0.6 is 0 Å². The van der Waals surface area contributed by atoms with Crippen molar-refractivity contribution in [2.24, 2.45) is 0 Å². The van der Waals surface area contributed by atoms with Gasteiger partial charge in [-0.25, -0.2) is 0 Å². The van der Waals surface area contributed by atoms with E-state index in [4.69, 9.17) is 10.8 Å². The van der Waals surface area contributed by atoms with Gasteiger partial charge in [0.05, 0.1) is 11.3 Å². The van der Waals surface area contributed by atoms with Gasteiger partial charge in [0, 0.05) is 17.8 Å². The maximum Gasteiger partial charge on any atom is 0.307 e. The zero-order valence-electron chi connectivity index (χ0n) is 7.14. The fraction of sp³-hybridized carbons (Fsp3) is 0.125. The van der Waals surface area contributed by atoms with Crippen LogP contribution in [0, 0.1) is 10.1 Å². The van der Waals surface area contributed by atoms with Gasteiger partial charge in [0.1, 0.15) is 0 Å².